The molecule has 10 heteroatoms. The average Bonchev–Trinajstić information content (AvgIpc) is 3.26. The fraction of sp³-hybridized carbons (Fsp3) is 0.467. The van der Waals surface area contributed by atoms with Crippen LogP contribution >= 0.6 is 0 Å². The number of aromatic nitrogens is 5. The van der Waals surface area contributed by atoms with Gasteiger partial charge in [-0.3, -0.25) is 4.40 Å². The Morgan fingerprint density at radius 2 is 2.00 bits per heavy atom. The highest BCUT2D eigenvalue weighted by Gasteiger charge is 2.38. The minimum absolute atomic E-state index is 0.777. The second-order valence-electron chi connectivity index (χ2n) is 5.94. The summed E-state index contributed by atoms with van der Waals surface area (Å²) in [5, 5.41) is 15.7. The number of hydrogen-bond donors (Lipinski definition) is 2. The molecule has 0 amide bonds. The highest BCUT2D eigenvalue weighted by atomic mass is 19.4. The molecule has 3 aromatic rings. The summed E-state index contributed by atoms with van der Waals surface area (Å²) in [5.41, 5.74) is 2.82. The monoisotopic (exact) mass is 355 g/mol. The summed E-state index contributed by atoms with van der Waals surface area (Å²) >= 11 is 0. The van der Waals surface area contributed by atoms with Crippen LogP contribution in [0.15, 0.2) is 18.5 Å². The number of H-pyrrole nitrogens is 1. The Hall–Kier alpha value is -2.65. The molecule has 134 valence electrons. The molecule has 0 unspecified atom stereocenters. The average molecular weight is 355 g/mol. The van der Waals surface area contributed by atoms with E-state index in [4.69, 9.17) is 9.90 Å². The van der Waals surface area contributed by atoms with Crippen LogP contribution in [0.2, 0.25) is 0 Å². The van der Waals surface area contributed by atoms with Crippen molar-refractivity contribution in [3.8, 4) is 0 Å². The summed E-state index contributed by atoms with van der Waals surface area (Å²) in [6.07, 6.45) is 5.03. The molecule has 0 saturated heterocycles. The van der Waals surface area contributed by atoms with E-state index >= 15 is 0 Å². The minimum Gasteiger partial charge on any atom is -0.475 e. The SMILES string of the molecule is O=C(O)C(F)(F)F.c1cc2c(ncc3nnc(CC4CCCC4)n32)[nH]1. The smallest absolute Gasteiger partial charge is 0.475 e. The van der Waals surface area contributed by atoms with Crippen LogP contribution in [0.3, 0.4) is 0 Å². The second-order valence-corrected chi connectivity index (χ2v) is 5.94. The fourth-order valence-electron chi connectivity index (χ4n) is 3.04. The summed E-state index contributed by atoms with van der Waals surface area (Å²) in [5.74, 6) is -0.907. The first-order valence-corrected chi connectivity index (χ1v) is 7.82. The van der Waals surface area contributed by atoms with Crippen molar-refractivity contribution in [3.63, 3.8) is 0 Å². The molecular weight excluding hydrogens is 339 g/mol. The van der Waals surface area contributed by atoms with Crippen LogP contribution in [0, 0.1) is 5.92 Å². The van der Waals surface area contributed by atoms with Crippen LogP contribution in [0.25, 0.3) is 16.8 Å². The topological polar surface area (TPSA) is 96.2 Å². The first kappa shape index (κ1) is 17.2. The van der Waals surface area contributed by atoms with E-state index in [1.165, 1.54) is 25.7 Å². The molecule has 4 rings (SSSR count). The summed E-state index contributed by atoms with van der Waals surface area (Å²) in [4.78, 5) is 16.4. The number of alkyl halides is 3. The van der Waals surface area contributed by atoms with Gasteiger partial charge in [0, 0.05) is 12.6 Å². The molecule has 1 aliphatic carbocycles. The molecule has 7 nitrogen and oxygen atoms in total. The third-order valence-electron chi connectivity index (χ3n) is 4.20. The second kappa shape index (κ2) is 6.69. The van der Waals surface area contributed by atoms with Gasteiger partial charge in [0.15, 0.2) is 11.3 Å². The molecule has 0 spiro atoms. The Bertz CT molecular complexity index is 880. The van der Waals surface area contributed by atoms with Crippen LogP contribution in [-0.4, -0.2) is 41.8 Å². The Morgan fingerprint density at radius 1 is 1.32 bits per heavy atom. The lowest BCUT2D eigenvalue weighted by Gasteiger charge is -2.07. The molecule has 1 fully saturated rings. The molecule has 0 radical (unpaired) electrons. The van der Waals surface area contributed by atoms with Gasteiger partial charge in [0.2, 0.25) is 0 Å². The number of carboxylic acid groups (broad SMARTS) is 1. The lowest BCUT2D eigenvalue weighted by atomic mass is 10.0. The maximum atomic E-state index is 10.6. The maximum absolute atomic E-state index is 10.6. The zero-order valence-corrected chi connectivity index (χ0v) is 13.1. The van der Waals surface area contributed by atoms with Gasteiger partial charge < -0.3 is 10.1 Å². The molecule has 25 heavy (non-hydrogen) atoms. The van der Waals surface area contributed by atoms with Gasteiger partial charge in [0.1, 0.15) is 5.82 Å². The Morgan fingerprint density at radius 3 is 2.64 bits per heavy atom. The Labute approximate surface area is 139 Å². The van der Waals surface area contributed by atoms with Crippen LogP contribution < -0.4 is 0 Å². The quantitative estimate of drug-likeness (QED) is 0.737. The van der Waals surface area contributed by atoms with Crippen LogP contribution in [0.1, 0.15) is 31.5 Å². The van der Waals surface area contributed by atoms with Gasteiger partial charge in [-0.05, 0) is 12.0 Å². The number of carboxylic acids is 1. The zero-order valence-electron chi connectivity index (χ0n) is 13.1. The van der Waals surface area contributed by atoms with Gasteiger partial charge >= 0.3 is 12.1 Å². The van der Waals surface area contributed by atoms with E-state index in [0.29, 0.717) is 0 Å². The van der Waals surface area contributed by atoms with Crippen molar-refractivity contribution >= 4 is 22.8 Å². The third kappa shape index (κ3) is 3.72. The van der Waals surface area contributed by atoms with Gasteiger partial charge in [-0.15, -0.1) is 10.2 Å². The predicted molar refractivity (Wildman–Crippen MR) is 82.0 cm³/mol. The molecule has 3 heterocycles. The zero-order chi connectivity index (χ0) is 18.0. The highest BCUT2D eigenvalue weighted by Crippen LogP contribution is 2.28. The van der Waals surface area contributed by atoms with Crippen molar-refractivity contribution in [2.75, 3.05) is 0 Å². The van der Waals surface area contributed by atoms with Gasteiger partial charge in [0.05, 0.1) is 11.7 Å². The first-order chi connectivity index (χ1) is 11.9. The van der Waals surface area contributed by atoms with Gasteiger partial charge in [0.25, 0.3) is 0 Å². The number of carbonyl (C=O) groups is 1. The van der Waals surface area contributed by atoms with Gasteiger partial charge in [-0.1, -0.05) is 25.7 Å². The number of fused-ring (bicyclic) bond motifs is 3. The lowest BCUT2D eigenvalue weighted by Crippen LogP contribution is -2.21. The van der Waals surface area contributed by atoms with E-state index < -0.39 is 12.1 Å². The number of rotatable bonds is 2. The molecular formula is C15H16F3N5O2. The molecule has 0 bridgehead atoms. The number of hydrogen-bond acceptors (Lipinski definition) is 4. The number of nitrogens with one attached hydrogen (secondary N) is 1. The summed E-state index contributed by atoms with van der Waals surface area (Å²) < 4.78 is 33.9. The van der Waals surface area contributed by atoms with Crippen LogP contribution in [-0.2, 0) is 11.2 Å². The summed E-state index contributed by atoms with van der Waals surface area (Å²) in [7, 11) is 0. The molecule has 0 atom stereocenters. The summed E-state index contributed by atoms with van der Waals surface area (Å²) in [6.45, 7) is 0. The summed E-state index contributed by atoms with van der Waals surface area (Å²) in [6, 6.07) is 2.04. The van der Waals surface area contributed by atoms with Crippen LogP contribution in [0.5, 0.6) is 0 Å². The van der Waals surface area contributed by atoms with E-state index in [2.05, 4.69) is 24.6 Å². The predicted octanol–water partition coefficient (Wildman–Crippen LogP) is 2.97. The molecule has 1 saturated carbocycles. The highest BCUT2D eigenvalue weighted by molar-refractivity contribution is 5.74. The van der Waals surface area contributed by atoms with Gasteiger partial charge in [-0.2, -0.15) is 13.2 Å². The van der Waals surface area contributed by atoms with Crippen molar-refractivity contribution in [3.05, 3.63) is 24.3 Å². The van der Waals surface area contributed by atoms with Crippen molar-refractivity contribution in [2.45, 2.75) is 38.3 Å². The fourth-order valence-corrected chi connectivity index (χ4v) is 3.04. The number of nitrogens with zero attached hydrogens (tertiary/aromatic N) is 4. The van der Waals surface area contributed by atoms with Crippen molar-refractivity contribution in [1.82, 2.24) is 24.6 Å². The van der Waals surface area contributed by atoms with Crippen molar-refractivity contribution < 1.29 is 23.1 Å². The minimum atomic E-state index is -5.08. The number of aliphatic carboxylic acids is 1. The largest absolute Gasteiger partial charge is 0.490 e. The molecule has 0 aliphatic heterocycles. The first-order valence-electron chi connectivity index (χ1n) is 7.82. The maximum Gasteiger partial charge on any atom is 0.490 e. The van der Waals surface area contributed by atoms with Crippen molar-refractivity contribution in [1.29, 1.82) is 0 Å². The lowest BCUT2D eigenvalue weighted by molar-refractivity contribution is -0.192. The van der Waals surface area contributed by atoms with E-state index in [-0.39, 0.29) is 0 Å². The molecule has 3 aromatic heterocycles. The molecule has 2 N–H and O–H groups in total. The van der Waals surface area contributed by atoms with Crippen molar-refractivity contribution in [2.24, 2.45) is 5.92 Å². The third-order valence-corrected chi connectivity index (χ3v) is 4.20. The number of aromatic amines is 1. The Balaban J connectivity index is 0.000000225. The van der Waals surface area contributed by atoms with E-state index in [1.807, 2.05) is 12.3 Å². The standard InChI is InChI=1S/C13H15N5.C2HF3O2/c1-2-4-9(3-1)7-11-16-17-12-8-15-13-10(18(11)12)5-6-14-13;3-2(4,5)1(6)7/h5-6,8-9,14H,1-4,7H2;(H,6,7). The molecule has 1 aliphatic rings. The normalized spacial score (nSPS) is 15.5. The molecule has 0 aromatic carbocycles. The van der Waals surface area contributed by atoms with Gasteiger partial charge in [-0.25, -0.2) is 9.78 Å². The van der Waals surface area contributed by atoms with E-state index in [1.54, 1.807) is 6.20 Å². The van der Waals surface area contributed by atoms with E-state index in [9.17, 15) is 13.2 Å². The van der Waals surface area contributed by atoms with E-state index in [0.717, 1.165) is 35.0 Å². The van der Waals surface area contributed by atoms with Crippen LogP contribution in [0.4, 0.5) is 13.2 Å². The number of halogens is 3. The Kier molecular flexibility index (Phi) is 4.60.